The van der Waals surface area contributed by atoms with Crippen LogP contribution in [0.25, 0.3) is 0 Å². The van der Waals surface area contributed by atoms with E-state index in [1.54, 1.807) is 0 Å². The fraction of sp³-hybridized carbons (Fsp3) is 0.562. The highest BCUT2D eigenvalue weighted by Crippen LogP contribution is 2.30. The van der Waals surface area contributed by atoms with Gasteiger partial charge in [0.05, 0.1) is 19.1 Å². The minimum atomic E-state index is -0.946. The third-order valence-electron chi connectivity index (χ3n) is 3.11. The number of hydrogen-bond acceptors (Lipinski definition) is 4. The lowest BCUT2D eigenvalue weighted by Gasteiger charge is -2.26. The number of aryl methyl sites for hydroxylation is 1. The van der Waals surface area contributed by atoms with Crippen molar-refractivity contribution >= 4 is 5.97 Å². The smallest absolute Gasteiger partial charge is 0.305 e. The van der Waals surface area contributed by atoms with E-state index in [0.29, 0.717) is 17.9 Å². The molecule has 2 atom stereocenters. The van der Waals surface area contributed by atoms with Crippen LogP contribution in [0.3, 0.4) is 0 Å². The zero-order valence-electron chi connectivity index (χ0n) is 13.1. The Hall–Kier alpha value is -1.59. The van der Waals surface area contributed by atoms with Crippen LogP contribution in [0.1, 0.15) is 44.4 Å². The second kappa shape index (κ2) is 8.00. The predicted molar refractivity (Wildman–Crippen MR) is 81.6 cm³/mol. The number of aliphatic hydroxyl groups is 1. The molecule has 0 spiro atoms. The van der Waals surface area contributed by atoms with Gasteiger partial charge in [-0.3, -0.25) is 4.79 Å². The highest BCUT2D eigenvalue weighted by Gasteiger charge is 2.26. The van der Waals surface area contributed by atoms with Gasteiger partial charge in [-0.15, -0.1) is 0 Å². The summed E-state index contributed by atoms with van der Waals surface area (Å²) in [6, 6.07) is 5.06. The Bertz CT molecular complexity index is 473. The molecule has 0 aliphatic heterocycles. The Kier molecular flexibility index (Phi) is 6.65. The molecule has 1 aromatic carbocycles. The molecule has 1 rings (SSSR count). The number of rotatable bonds is 8. The highest BCUT2D eigenvalue weighted by molar-refractivity contribution is 5.67. The Balaban J connectivity index is 3.08. The van der Waals surface area contributed by atoms with E-state index in [9.17, 15) is 9.90 Å². The van der Waals surface area contributed by atoms with Crippen LogP contribution in [0.15, 0.2) is 18.2 Å². The number of carboxylic acid groups (broad SMARTS) is 1. The standard InChI is InChI=1S/C16H25NO4/c1-5-21-14-7-6-11(4)8-12(14)16(20)13(9-15(18)19)17-10(2)3/h6-8,10,13,16-17,20H,5,9H2,1-4H3,(H,18,19). The minimum absolute atomic E-state index is 0.0735. The molecule has 0 amide bonds. The lowest BCUT2D eigenvalue weighted by atomic mass is 9.96. The first kappa shape index (κ1) is 17.5. The summed E-state index contributed by atoms with van der Waals surface area (Å²) in [5, 5.41) is 22.8. The molecule has 0 aliphatic carbocycles. The molecule has 1 aromatic rings. The van der Waals surface area contributed by atoms with E-state index in [0.717, 1.165) is 5.56 Å². The second-order valence-corrected chi connectivity index (χ2v) is 5.44. The van der Waals surface area contributed by atoms with Crippen molar-refractivity contribution in [1.29, 1.82) is 0 Å². The van der Waals surface area contributed by atoms with Gasteiger partial charge in [-0.05, 0) is 26.0 Å². The van der Waals surface area contributed by atoms with Gasteiger partial charge >= 0.3 is 5.97 Å². The van der Waals surface area contributed by atoms with Gasteiger partial charge in [0, 0.05) is 17.6 Å². The first-order valence-corrected chi connectivity index (χ1v) is 7.24. The first-order chi connectivity index (χ1) is 9.85. The number of hydrogen-bond donors (Lipinski definition) is 3. The Morgan fingerprint density at radius 3 is 2.57 bits per heavy atom. The van der Waals surface area contributed by atoms with Gasteiger partial charge in [0.15, 0.2) is 0 Å². The molecule has 118 valence electrons. The number of nitrogens with one attached hydrogen (secondary N) is 1. The van der Waals surface area contributed by atoms with Crippen LogP contribution in [0, 0.1) is 6.92 Å². The molecule has 5 nitrogen and oxygen atoms in total. The highest BCUT2D eigenvalue weighted by atomic mass is 16.5. The van der Waals surface area contributed by atoms with Crippen LogP contribution >= 0.6 is 0 Å². The third-order valence-corrected chi connectivity index (χ3v) is 3.11. The molecule has 0 saturated carbocycles. The summed E-state index contributed by atoms with van der Waals surface area (Å²) >= 11 is 0. The van der Waals surface area contributed by atoms with Gasteiger partial charge in [-0.1, -0.05) is 25.5 Å². The van der Waals surface area contributed by atoms with Crippen molar-refractivity contribution in [2.24, 2.45) is 0 Å². The first-order valence-electron chi connectivity index (χ1n) is 7.24. The topological polar surface area (TPSA) is 78.8 Å². The molecular weight excluding hydrogens is 270 g/mol. The number of carboxylic acids is 1. The fourth-order valence-electron chi connectivity index (χ4n) is 2.28. The molecule has 2 unspecified atom stereocenters. The maximum atomic E-state index is 11.0. The van der Waals surface area contributed by atoms with Crippen LogP contribution in [-0.2, 0) is 4.79 Å². The van der Waals surface area contributed by atoms with Gasteiger partial charge in [0.2, 0.25) is 0 Å². The lowest BCUT2D eigenvalue weighted by Crippen LogP contribution is -2.41. The van der Waals surface area contributed by atoms with Crippen molar-refractivity contribution in [3.05, 3.63) is 29.3 Å². The molecule has 0 fully saturated rings. The molecule has 0 aliphatic rings. The van der Waals surface area contributed by atoms with Crippen LogP contribution < -0.4 is 10.1 Å². The van der Waals surface area contributed by atoms with E-state index < -0.39 is 18.1 Å². The van der Waals surface area contributed by atoms with Gasteiger partial charge in [-0.2, -0.15) is 0 Å². The zero-order valence-corrected chi connectivity index (χ0v) is 13.1. The van der Waals surface area contributed by atoms with Gasteiger partial charge in [0.1, 0.15) is 5.75 Å². The Morgan fingerprint density at radius 1 is 1.38 bits per heavy atom. The van der Waals surface area contributed by atoms with E-state index >= 15 is 0 Å². The number of aliphatic carboxylic acids is 1. The SMILES string of the molecule is CCOc1ccc(C)cc1C(O)C(CC(=O)O)NC(C)C. The average molecular weight is 295 g/mol. The van der Waals surface area contributed by atoms with E-state index in [2.05, 4.69) is 5.32 Å². The molecule has 0 heterocycles. The van der Waals surface area contributed by atoms with Crippen LogP contribution in [0.2, 0.25) is 0 Å². The fourth-order valence-corrected chi connectivity index (χ4v) is 2.28. The Morgan fingerprint density at radius 2 is 2.05 bits per heavy atom. The predicted octanol–water partition coefficient (Wildman–Crippen LogP) is 2.27. The molecule has 3 N–H and O–H groups in total. The molecule has 21 heavy (non-hydrogen) atoms. The normalized spacial score (nSPS) is 14.0. The summed E-state index contributed by atoms with van der Waals surface area (Å²) < 4.78 is 5.54. The number of ether oxygens (including phenoxy) is 1. The number of aliphatic hydroxyl groups excluding tert-OH is 1. The van der Waals surface area contributed by atoms with Gasteiger partial charge in [0.25, 0.3) is 0 Å². The maximum Gasteiger partial charge on any atom is 0.305 e. The summed E-state index contributed by atoms with van der Waals surface area (Å²) in [5.74, 6) is -0.352. The largest absolute Gasteiger partial charge is 0.493 e. The average Bonchev–Trinajstić information content (AvgIpc) is 2.38. The number of benzene rings is 1. The molecule has 0 saturated heterocycles. The molecule has 0 aromatic heterocycles. The van der Waals surface area contributed by atoms with Crippen molar-refractivity contribution in [1.82, 2.24) is 5.32 Å². The van der Waals surface area contributed by atoms with Crippen molar-refractivity contribution < 1.29 is 19.7 Å². The molecule has 0 bridgehead atoms. The minimum Gasteiger partial charge on any atom is -0.493 e. The van der Waals surface area contributed by atoms with Crippen molar-refractivity contribution in [2.45, 2.75) is 52.3 Å². The van der Waals surface area contributed by atoms with Crippen molar-refractivity contribution in [3.63, 3.8) is 0 Å². The second-order valence-electron chi connectivity index (χ2n) is 5.44. The molecule has 5 heteroatoms. The van der Waals surface area contributed by atoms with Gasteiger partial charge < -0.3 is 20.3 Å². The molecule has 0 radical (unpaired) electrons. The summed E-state index contributed by atoms with van der Waals surface area (Å²) in [7, 11) is 0. The molecular formula is C16H25NO4. The zero-order chi connectivity index (χ0) is 16.0. The quantitative estimate of drug-likeness (QED) is 0.685. The van der Waals surface area contributed by atoms with Crippen molar-refractivity contribution in [3.8, 4) is 5.75 Å². The third kappa shape index (κ3) is 5.36. The lowest BCUT2D eigenvalue weighted by molar-refractivity contribution is -0.138. The van der Waals surface area contributed by atoms with Gasteiger partial charge in [-0.25, -0.2) is 0 Å². The van der Waals surface area contributed by atoms with E-state index in [-0.39, 0.29) is 12.5 Å². The van der Waals surface area contributed by atoms with Crippen molar-refractivity contribution in [2.75, 3.05) is 6.61 Å². The summed E-state index contributed by atoms with van der Waals surface area (Å²) in [6.07, 6.45) is -1.09. The van der Waals surface area contributed by atoms with Crippen LogP contribution in [-0.4, -0.2) is 34.9 Å². The van der Waals surface area contributed by atoms with Crippen LogP contribution in [0.5, 0.6) is 5.75 Å². The van der Waals surface area contributed by atoms with Crippen LogP contribution in [0.4, 0.5) is 0 Å². The summed E-state index contributed by atoms with van der Waals surface area (Å²) in [5.41, 5.74) is 1.61. The van der Waals surface area contributed by atoms with E-state index in [1.165, 1.54) is 0 Å². The summed E-state index contributed by atoms with van der Waals surface area (Å²) in [4.78, 5) is 11.0. The Labute approximate surface area is 125 Å². The van der Waals surface area contributed by atoms with E-state index in [1.807, 2.05) is 45.9 Å². The van der Waals surface area contributed by atoms with E-state index in [4.69, 9.17) is 9.84 Å². The maximum absolute atomic E-state index is 11.0. The number of carbonyl (C=O) groups is 1. The summed E-state index contributed by atoms with van der Waals surface area (Å²) in [6.45, 7) is 8.12. The monoisotopic (exact) mass is 295 g/mol.